The number of carbonyl (C=O) groups excluding carboxylic acids is 2. The minimum atomic E-state index is -0.378. The average molecular weight is 236 g/mol. The van der Waals surface area contributed by atoms with Gasteiger partial charge in [-0.05, 0) is 13.8 Å². The van der Waals surface area contributed by atoms with Gasteiger partial charge in [0.1, 0.15) is 0 Å². The van der Waals surface area contributed by atoms with Crippen molar-refractivity contribution < 1.29 is 9.59 Å². The summed E-state index contributed by atoms with van der Waals surface area (Å²) in [4.78, 5) is 24.5. The van der Waals surface area contributed by atoms with Crippen LogP contribution in [0.25, 0.3) is 0 Å². The van der Waals surface area contributed by atoms with Crippen molar-refractivity contribution in [3.63, 3.8) is 0 Å². The van der Waals surface area contributed by atoms with E-state index in [-0.39, 0.29) is 23.9 Å². The lowest BCUT2D eigenvalue weighted by Gasteiger charge is -2.29. The lowest BCUT2D eigenvalue weighted by molar-refractivity contribution is -0.123. The zero-order chi connectivity index (χ0) is 12.6. The van der Waals surface area contributed by atoms with Gasteiger partial charge in [-0.2, -0.15) is 5.10 Å². The normalized spacial score (nSPS) is 20.9. The molecule has 0 aliphatic carbocycles. The minimum Gasteiger partial charge on any atom is -0.290 e. The van der Waals surface area contributed by atoms with Crippen LogP contribution in [0.3, 0.4) is 0 Å². The molecule has 6 heteroatoms. The summed E-state index contributed by atoms with van der Waals surface area (Å²) < 4.78 is 1.78. The molecule has 1 N–H and O–H groups in total. The molecule has 2 heterocycles. The van der Waals surface area contributed by atoms with Crippen molar-refractivity contribution in [1.82, 2.24) is 15.1 Å². The summed E-state index contributed by atoms with van der Waals surface area (Å²) in [5.74, 6) is -0.419. The van der Waals surface area contributed by atoms with E-state index in [1.54, 1.807) is 17.8 Å². The Bertz CT molecular complexity index is 452. The van der Waals surface area contributed by atoms with Crippen LogP contribution in [0.2, 0.25) is 0 Å². The summed E-state index contributed by atoms with van der Waals surface area (Å²) in [6, 6.07) is -0.132. The maximum Gasteiger partial charge on any atom is 0.328 e. The Kier molecular flexibility index (Phi) is 2.87. The molecule has 1 fully saturated rings. The second-order valence-electron chi connectivity index (χ2n) is 4.58. The van der Waals surface area contributed by atoms with E-state index in [1.807, 2.05) is 20.0 Å². The fourth-order valence-electron chi connectivity index (χ4n) is 1.71. The van der Waals surface area contributed by atoms with Gasteiger partial charge in [0.2, 0.25) is 5.91 Å². The number of aromatic nitrogens is 2. The minimum absolute atomic E-state index is 0.199. The van der Waals surface area contributed by atoms with Crippen molar-refractivity contribution in [2.75, 3.05) is 11.4 Å². The van der Waals surface area contributed by atoms with E-state index < -0.39 is 0 Å². The molecule has 1 aliphatic heterocycles. The maximum absolute atomic E-state index is 11.7. The molecule has 0 radical (unpaired) electrons. The predicted octanol–water partition coefficient (Wildman–Crippen LogP) is 1.16. The zero-order valence-electron chi connectivity index (χ0n) is 10.2. The summed E-state index contributed by atoms with van der Waals surface area (Å²) in [7, 11) is 0. The van der Waals surface area contributed by atoms with Crippen molar-refractivity contribution in [2.24, 2.45) is 5.92 Å². The number of urea groups is 1. The van der Waals surface area contributed by atoms with Gasteiger partial charge in [0.15, 0.2) is 0 Å². The molecule has 17 heavy (non-hydrogen) atoms. The molecule has 2 rings (SSSR count). The molecule has 1 saturated heterocycles. The van der Waals surface area contributed by atoms with E-state index in [0.29, 0.717) is 6.54 Å². The molecule has 0 bridgehead atoms. The van der Waals surface area contributed by atoms with Crippen molar-refractivity contribution in [3.8, 4) is 0 Å². The number of hydrogen-bond donors (Lipinski definition) is 1. The summed E-state index contributed by atoms with van der Waals surface area (Å²) >= 11 is 0. The first-order valence-electron chi connectivity index (χ1n) is 5.65. The molecular formula is C11H16N4O2. The number of anilines is 1. The van der Waals surface area contributed by atoms with Gasteiger partial charge >= 0.3 is 6.03 Å². The third-order valence-electron chi connectivity index (χ3n) is 2.81. The standard InChI is InChI=1S/C11H16N4O2/c1-7(2)15-6-9(4-12-15)14-5-8(3)10(16)13-11(14)17/h4,6-8H,5H2,1-3H3,(H,13,16,17). The first kappa shape index (κ1) is 11.6. The van der Waals surface area contributed by atoms with E-state index in [0.717, 1.165) is 5.69 Å². The van der Waals surface area contributed by atoms with Gasteiger partial charge in [0, 0.05) is 18.8 Å². The Hall–Kier alpha value is -1.85. The van der Waals surface area contributed by atoms with E-state index in [4.69, 9.17) is 0 Å². The van der Waals surface area contributed by atoms with Crippen molar-refractivity contribution in [2.45, 2.75) is 26.8 Å². The Morgan fingerprint density at radius 3 is 2.76 bits per heavy atom. The van der Waals surface area contributed by atoms with Crippen molar-refractivity contribution in [3.05, 3.63) is 12.4 Å². The molecule has 0 aromatic carbocycles. The van der Waals surface area contributed by atoms with E-state index in [9.17, 15) is 9.59 Å². The first-order chi connectivity index (χ1) is 7.99. The average Bonchev–Trinajstić information content (AvgIpc) is 2.72. The molecule has 1 aromatic heterocycles. The SMILES string of the molecule is CC1CN(c2cnn(C(C)C)c2)C(=O)NC1=O. The van der Waals surface area contributed by atoms with Crippen LogP contribution in [-0.4, -0.2) is 28.3 Å². The van der Waals surface area contributed by atoms with Crippen LogP contribution in [0, 0.1) is 5.92 Å². The highest BCUT2D eigenvalue weighted by molar-refractivity contribution is 6.06. The monoisotopic (exact) mass is 236 g/mol. The topological polar surface area (TPSA) is 67.2 Å². The highest BCUT2D eigenvalue weighted by Gasteiger charge is 2.30. The van der Waals surface area contributed by atoms with Gasteiger partial charge in [-0.15, -0.1) is 0 Å². The highest BCUT2D eigenvalue weighted by Crippen LogP contribution is 2.19. The predicted molar refractivity (Wildman–Crippen MR) is 62.7 cm³/mol. The van der Waals surface area contributed by atoms with Crippen LogP contribution in [0.5, 0.6) is 0 Å². The van der Waals surface area contributed by atoms with Crippen LogP contribution >= 0.6 is 0 Å². The third-order valence-corrected chi connectivity index (χ3v) is 2.81. The fraction of sp³-hybridized carbons (Fsp3) is 0.545. The Morgan fingerprint density at radius 1 is 1.47 bits per heavy atom. The lowest BCUT2D eigenvalue weighted by Crippen LogP contribution is -2.53. The van der Waals surface area contributed by atoms with Crippen LogP contribution in [0.4, 0.5) is 10.5 Å². The highest BCUT2D eigenvalue weighted by atomic mass is 16.2. The number of nitrogens with one attached hydrogen (secondary N) is 1. The van der Waals surface area contributed by atoms with Gasteiger partial charge in [-0.25, -0.2) is 4.79 Å². The number of rotatable bonds is 2. The molecule has 1 unspecified atom stereocenters. The molecule has 1 atom stereocenters. The molecule has 3 amide bonds. The fourth-order valence-corrected chi connectivity index (χ4v) is 1.71. The van der Waals surface area contributed by atoms with Crippen LogP contribution in [0.1, 0.15) is 26.8 Å². The van der Waals surface area contributed by atoms with Crippen LogP contribution < -0.4 is 10.2 Å². The van der Waals surface area contributed by atoms with Crippen LogP contribution in [0.15, 0.2) is 12.4 Å². The van der Waals surface area contributed by atoms with Gasteiger partial charge in [0.25, 0.3) is 0 Å². The largest absolute Gasteiger partial charge is 0.328 e. The summed E-state index contributed by atoms with van der Waals surface area (Å²) in [6.07, 6.45) is 3.45. The summed E-state index contributed by atoms with van der Waals surface area (Å²) in [5, 5.41) is 6.51. The maximum atomic E-state index is 11.7. The molecule has 6 nitrogen and oxygen atoms in total. The summed E-state index contributed by atoms with van der Waals surface area (Å²) in [5.41, 5.74) is 0.718. The number of hydrogen-bond acceptors (Lipinski definition) is 3. The van der Waals surface area contributed by atoms with E-state index in [2.05, 4.69) is 10.4 Å². The third kappa shape index (κ3) is 2.15. The second-order valence-corrected chi connectivity index (χ2v) is 4.58. The second kappa shape index (κ2) is 4.20. The molecule has 0 saturated carbocycles. The van der Waals surface area contributed by atoms with Crippen molar-refractivity contribution >= 4 is 17.6 Å². The first-order valence-corrected chi connectivity index (χ1v) is 5.65. The van der Waals surface area contributed by atoms with Gasteiger partial charge in [0.05, 0.1) is 17.8 Å². The molecule has 1 aliphatic rings. The van der Waals surface area contributed by atoms with E-state index in [1.165, 1.54) is 4.90 Å². The molecular weight excluding hydrogens is 220 g/mol. The van der Waals surface area contributed by atoms with E-state index >= 15 is 0 Å². The van der Waals surface area contributed by atoms with Gasteiger partial charge < -0.3 is 0 Å². The molecule has 0 spiro atoms. The van der Waals surface area contributed by atoms with Gasteiger partial charge in [-0.1, -0.05) is 6.92 Å². The Morgan fingerprint density at radius 2 is 2.18 bits per heavy atom. The number of nitrogens with zero attached hydrogens (tertiary/aromatic N) is 3. The van der Waals surface area contributed by atoms with Crippen LogP contribution in [-0.2, 0) is 4.79 Å². The lowest BCUT2D eigenvalue weighted by atomic mass is 10.1. The molecule has 92 valence electrons. The summed E-state index contributed by atoms with van der Waals surface area (Å²) in [6.45, 7) is 6.22. The Balaban J connectivity index is 2.21. The van der Waals surface area contributed by atoms with Crippen molar-refractivity contribution in [1.29, 1.82) is 0 Å². The quantitative estimate of drug-likeness (QED) is 0.837. The Labute approximate surface area is 99.6 Å². The zero-order valence-corrected chi connectivity index (χ0v) is 10.2. The number of amides is 3. The smallest absolute Gasteiger partial charge is 0.290 e. The van der Waals surface area contributed by atoms with Gasteiger partial charge in [-0.3, -0.25) is 19.7 Å². The number of carbonyl (C=O) groups is 2. The number of imide groups is 1. The molecule has 1 aromatic rings.